The molecule has 0 amide bonds. The van der Waals surface area contributed by atoms with E-state index < -0.39 is 5.97 Å². The van der Waals surface area contributed by atoms with Crippen LogP contribution in [-0.4, -0.2) is 11.1 Å². The van der Waals surface area contributed by atoms with Crippen molar-refractivity contribution in [1.82, 2.24) is 0 Å². The van der Waals surface area contributed by atoms with E-state index in [-0.39, 0.29) is 17.3 Å². The van der Waals surface area contributed by atoms with Crippen LogP contribution in [0, 0.1) is 23.6 Å². The van der Waals surface area contributed by atoms with E-state index in [0.29, 0.717) is 5.56 Å². The average molecular weight is 346 g/mol. The van der Waals surface area contributed by atoms with Gasteiger partial charge in [0.25, 0.3) is 0 Å². The van der Waals surface area contributed by atoms with E-state index in [4.69, 9.17) is 0 Å². The quantitative estimate of drug-likeness (QED) is 0.669. The van der Waals surface area contributed by atoms with Gasteiger partial charge in [0.05, 0.1) is 5.56 Å². The number of halogens is 1. The molecule has 25 heavy (non-hydrogen) atoms. The van der Waals surface area contributed by atoms with Crippen LogP contribution in [0.1, 0.15) is 93.0 Å². The third-order valence-electron chi connectivity index (χ3n) is 6.71. The van der Waals surface area contributed by atoms with Crippen LogP contribution >= 0.6 is 0 Å². The van der Waals surface area contributed by atoms with Gasteiger partial charge >= 0.3 is 5.97 Å². The molecule has 3 heteroatoms. The van der Waals surface area contributed by atoms with Gasteiger partial charge in [0, 0.05) is 0 Å². The summed E-state index contributed by atoms with van der Waals surface area (Å²) < 4.78 is 13.6. The first-order valence-electron chi connectivity index (χ1n) is 10.1. The number of carbonyl (C=O) groups is 1. The molecule has 0 heterocycles. The van der Waals surface area contributed by atoms with Crippen LogP contribution in [0.3, 0.4) is 0 Å². The summed E-state index contributed by atoms with van der Waals surface area (Å²) in [5.41, 5.74) is 0.988. The van der Waals surface area contributed by atoms with Gasteiger partial charge in [-0.2, -0.15) is 0 Å². The number of carboxylic acids is 1. The molecule has 0 saturated heterocycles. The Bertz CT molecular complexity index is 582. The third-order valence-corrected chi connectivity index (χ3v) is 6.71. The van der Waals surface area contributed by atoms with Crippen molar-refractivity contribution in [3.8, 4) is 0 Å². The monoisotopic (exact) mass is 346 g/mol. The lowest BCUT2D eigenvalue weighted by Crippen LogP contribution is -2.25. The van der Waals surface area contributed by atoms with Crippen LogP contribution in [-0.2, 0) is 0 Å². The predicted molar refractivity (Wildman–Crippen MR) is 98.4 cm³/mol. The topological polar surface area (TPSA) is 37.3 Å². The predicted octanol–water partition coefficient (Wildman–Crippen LogP) is 6.40. The molecule has 2 saturated carbocycles. The van der Waals surface area contributed by atoms with Gasteiger partial charge in [0.15, 0.2) is 0 Å². The maximum Gasteiger partial charge on any atom is 0.335 e. The van der Waals surface area contributed by atoms with E-state index in [1.54, 1.807) is 0 Å². The lowest BCUT2D eigenvalue weighted by molar-refractivity contribution is 0.0694. The Morgan fingerprint density at radius 2 is 1.64 bits per heavy atom. The fourth-order valence-electron chi connectivity index (χ4n) is 5.32. The molecule has 0 spiro atoms. The number of rotatable bonds is 5. The lowest BCUT2D eigenvalue weighted by atomic mass is 9.67. The molecule has 1 aromatic carbocycles. The Balaban J connectivity index is 1.58. The second kappa shape index (κ2) is 8.33. The van der Waals surface area contributed by atoms with E-state index >= 15 is 0 Å². The van der Waals surface area contributed by atoms with Gasteiger partial charge in [-0.05, 0) is 86.0 Å². The molecule has 2 fully saturated rings. The summed E-state index contributed by atoms with van der Waals surface area (Å²) in [5, 5.41) is 9.39. The minimum absolute atomic E-state index is 0.203. The van der Waals surface area contributed by atoms with E-state index in [1.807, 2.05) is 0 Å². The van der Waals surface area contributed by atoms with Crippen molar-refractivity contribution < 1.29 is 14.3 Å². The molecule has 2 aliphatic rings. The molecule has 1 N–H and O–H groups in total. The normalized spacial score (nSPS) is 30.2. The van der Waals surface area contributed by atoms with Gasteiger partial charge in [0.1, 0.15) is 5.82 Å². The summed E-state index contributed by atoms with van der Waals surface area (Å²) >= 11 is 0. The van der Waals surface area contributed by atoms with E-state index in [0.717, 1.165) is 30.6 Å². The van der Waals surface area contributed by atoms with Crippen molar-refractivity contribution in [2.75, 3.05) is 0 Å². The van der Waals surface area contributed by atoms with Gasteiger partial charge in [-0.15, -0.1) is 0 Å². The van der Waals surface area contributed by atoms with Gasteiger partial charge in [-0.1, -0.05) is 32.6 Å². The number of benzene rings is 1. The summed E-state index contributed by atoms with van der Waals surface area (Å²) in [7, 11) is 0. The fraction of sp³-hybridized carbons (Fsp3) is 0.682. The first-order valence-corrected chi connectivity index (χ1v) is 10.1. The zero-order chi connectivity index (χ0) is 17.8. The largest absolute Gasteiger partial charge is 0.478 e. The molecule has 3 rings (SSSR count). The van der Waals surface area contributed by atoms with Crippen LogP contribution in [0.15, 0.2) is 18.2 Å². The van der Waals surface area contributed by atoms with Crippen molar-refractivity contribution in [3.63, 3.8) is 0 Å². The molecule has 138 valence electrons. The maximum absolute atomic E-state index is 13.6. The Kier molecular flexibility index (Phi) is 6.14. The van der Waals surface area contributed by atoms with Crippen LogP contribution in [0.5, 0.6) is 0 Å². The zero-order valence-corrected chi connectivity index (χ0v) is 15.3. The van der Waals surface area contributed by atoms with Crippen molar-refractivity contribution in [1.29, 1.82) is 0 Å². The highest BCUT2D eigenvalue weighted by Gasteiger charge is 2.32. The summed E-state index contributed by atoms with van der Waals surface area (Å²) in [5.74, 6) is 1.54. The summed E-state index contributed by atoms with van der Waals surface area (Å²) in [4.78, 5) is 11.4. The average Bonchev–Trinajstić information content (AvgIpc) is 2.62. The number of carboxylic acid groups (broad SMARTS) is 1. The molecule has 1 aromatic rings. The smallest absolute Gasteiger partial charge is 0.335 e. The molecular formula is C22H31FO2. The fourth-order valence-corrected chi connectivity index (χ4v) is 5.32. The van der Waals surface area contributed by atoms with E-state index in [1.165, 1.54) is 69.6 Å². The van der Waals surface area contributed by atoms with Crippen LogP contribution < -0.4 is 0 Å². The Labute approximate surface area is 150 Å². The minimum Gasteiger partial charge on any atom is -0.478 e. The highest BCUT2D eigenvalue weighted by atomic mass is 19.1. The Morgan fingerprint density at radius 1 is 1.04 bits per heavy atom. The van der Waals surface area contributed by atoms with Gasteiger partial charge in [-0.3, -0.25) is 0 Å². The highest BCUT2D eigenvalue weighted by molar-refractivity contribution is 5.89. The molecule has 0 radical (unpaired) electrons. The van der Waals surface area contributed by atoms with E-state index in [9.17, 15) is 14.3 Å². The second-order valence-corrected chi connectivity index (χ2v) is 8.22. The molecule has 0 atom stereocenters. The van der Waals surface area contributed by atoms with Crippen molar-refractivity contribution in [2.24, 2.45) is 17.8 Å². The molecule has 0 unspecified atom stereocenters. The molecular weight excluding hydrogens is 315 g/mol. The van der Waals surface area contributed by atoms with Crippen molar-refractivity contribution in [3.05, 3.63) is 35.1 Å². The SMILES string of the molecule is CCC[C@H]1CC[C@H]([C@H]2CC[C@H](c3cc(F)ccc3C(=O)O)CC2)CC1. The Morgan fingerprint density at radius 3 is 2.20 bits per heavy atom. The number of hydrogen-bond acceptors (Lipinski definition) is 1. The van der Waals surface area contributed by atoms with Crippen molar-refractivity contribution >= 4 is 5.97 Å². The van der Waals surface area contributed by atoms with Gasteiger partial charge < -0.3 is 5.11 Å². The molecule has 2 aliphatic carbocycles. The third kappa shape index (κ3) is 4.43. The number of aromatic carboxylic acids is 1. The summed E-state index contributed by atoms with van der Waals surface area (Å²) in [6.07, 6.45) is 12.6. The molecule has 0 aliphatic heterocycles. The molecule has 0 bridgehead atoms. The molecule has 2 nitrogen and oxygen atoms in total. The van der Waals surface area contributed by atoms with Gasteiger partial charge in [-0.25, -0.2) is 9.18 Å². The van der Waals surface area contributed by atoms with Crippen LogP contribution in [0.4, 0.5) is 4.39 Å². The summed E-state index contributed by atoms with van der Waals surface area (Å²) in [6.45, 7) is 2.28. The summed E-state index contributed by atoms with van der Waals surface area (Å²) in [6, 6.07) is 4.13. The first-order chi connectivity index (χ1) is 12.1. The molecule has 0 aromatic heterocycles. The zero-order valence-electron chi connectivity index (χ0n) is 15.3. The first kappa shape index (κ1) is 18.4. The minimum atomic E-state index is -0.939. The van der Waals surface area contributed by atoms with E-state index in [2.05, 4.69) is 6.92 Å². The van der Waals surface area contributed by atoms with Gasteiger partial charge in [0.2, 0.25) is 0 Å². The lowest BCUT2D eigenvalue weighted by Gasteiger charge is -2.38. The standard InChI is InChI=1S/C22H31FO2/c1-2-3-15-4-6-16(7-5-15)17-8-10-18(11-9-17)21-14-19(23)12-13-20(21)22(24)25/h12-18H,2-11H2,1H3,(H,24,25)/t15-,16-,17-,18-. The van der Waals surface area contributed by atoms with Crippen LogP contribution in [0.2, 0.25) is 0 Å². The van der Waals surface area contributed by atoms with Crippen LogP contribution in [0.25, 0.3) is 0 Å². The highest BCUT2D eigenvalue weighted by Crippen LogP contribution is 2.45. The second-order valence-electron chi connectivity index (χ2n) is 8.22. The number of hydrogen-bond donors (Lipinski definition) is 1. The Hall–Kier alpha value is -1.38. The maximum atomic E-state index is 13.6. The van der Waals surface area contributed by atoms with Crippen molar-refractivity contribution in [2.45, 2.75) is 77.0 Å².